The number of aliphatic hydroxyl groups excluding tert-OH is 1. The standard InChI is InChI=1S/C29H32O6/c1-2-18-31-29-27(34-21-24-16-10-5-11-17-24)25(32-19-22-12-6-3-7-13-22)26(28(30)35-29)33-20-23-14-8-4-9-15-23/h2-17,25-30H,1,18-21H2/t25-,26-,27+,28-,29-/m0/s1. The molecule has 1 saturated heterocycles. The van der Waals surface area contributed by atoms with Crippen molar-refractivity contribution < 1.29 is 28.8 Å². The molecule has 1 aliphatic heterocycles. The van der Waals surface area contributed by atoms with Gasteiger partial charge >= 0.3 is 0 Å². The molecule has 0 spiro atoms. The summed E-state index contributed by atoms with van der Waals surface area (Å²) in [6.45, 7) is 4.90. The zero-order valence-electron chi connectivity index (χ0n) is 19.6. The summed E-state index contributed by atoms with van der Waals surface area (Å²) in [6, 6.07) is 29.5. The number of hydrogen-bond donors (Lipinski definition) is 1. The Bertz CT molecular complexity index is 997. The van der Waals surface area contributed by atoms with Crippen molar-refractivity contribution in [2.24, 2.45) is 0 Å². The van der Waals surface area contributed by atoms with Crippen LogP contribution in [0.15, 0.2) is 104 Å². The van der Waals surface area contributed by atoms with Crippen molar-refractivity contribution >= 4 is 0 Å². The first kappa shape index (κ1) is 25.3. The van der Waals surface area contributed by atoms with Gasteiger partial charge in [-0.15, -0.1) is 6.58 Å². The van der Waals surface area contributed by atoms with E-state index in [1.54, 1.807) is 6.08 Å². The van der Waals surface area contributed by atoms with Gasteiger partial charge in [-0.3, -0.25) is 0 Å². The summed E-state index contributed by atoms with van der Waals surface area (Å²) in [5, 5.41) is 10.9. The van der Waals surface area contributed by atoms with Crippen LogP contribution in [0.25, 0.3) is 0 Å². The van der Waals surface area contributed by atoms with Crippen LogP contribution in [-0.2, 0) is 43.5 Å². The Balaban J connectivity index is 1.56. The maximum atomic E-state index is 10.9. The van der Waals surface area contributed by atoms with E-state index in [9.17, 15) is 5.11 Å². The Morgan fingerprint density at radius 1 is 0.629 bits per heavy atom. The van der Waals surface area contributed by atoms with Crippen molar-refractivity contribution in [3.8, 4) is 0 Å². The van der Waals surface area contributed by atoms with E-state index in [0.717, 1.165) is 16.7 Å². The van der Waals surface area contributed by atoms with Gasteiger partial charge in [-0.2, -0.15) is 0 Å². The second-order valence-electron chi connectivity index (χ2n) is 8.30. The Morgan fingerprint density at radius 2 is 1.06 bits per heavy atom. The van der Waals surface area contributed by atoms with Crippen molar-refractivity contribution in [3.63, 3.8) is 0 Å². The molecule has 184 valence electrons. The molecule has 0 saturated carbocycles. The van der Waals surface area contributed by atoms with Crippen LogP contribution in [0.1, 0.15) is 16.7 Å². The van der Waals surface area contributed by atoms with Gasteiger partial charge in [-0.25, -0.2) is 0 Å². The van der Waals surface area contributed by atoms with Gasteiger partial charge in [0.2, 0.25) is 0 Å². The number of rotatable bonds is 12. The van der Waals surface area contributed by atoms with Crippen LogP contribution in [0.3, 0.4) is 0 Å². The molecule has 1 aliphatic rings. The fraction of sp³-hybridized carbons (Fsp3) is 0.310. The van der Waals surface area contributed by atoms with E-state index in [2.05, 4.69) is 6.58 Å². The first-order chi connectivity index (χ1) is 17.2. The SMILES string of the molecule is C=CCO[C@H]1O[C@H](O)[C@@H](OCc2ccccc2)[C@H](OCc2ccccc2)[C@H]1OCc1ccccc1. The van der Waals surface area contributed by atoms with Crippen molar-refractivity contribution in [1.29, 1.82) is 0 Å². The van der Waals surface area contributed by atoms with E-state index in [1.807, 2.05) is 91.0 Å². The predicted octanol–water partition coefficient (Wildman–Crippen LogP) is 4.62. The number of hydrogen-bond acceptors (Lipinski definition) is 6. The van der Waals surface area contributed by atoms with E-state index in [1.165, 1.54) is 0 Å². The summed E-state index contributed by atoms with van der Waals surface area (Å²) < 4.78 is 30.5. The van der Waals surface area contributed by atoms with E-state index >= 15 is 0 Å². The summed E-state index contributed by atoms with van der Waals surface area (Å²) in [6.07, 6.45) is -2.58. The molecule has 4 rings (SSSR count). The van der Waals surface area contributed by atoms with Crippen LogP contribution in [0, 0.1) is 0 Å². The fourth-order valence-electron chi connectivity index (χ4n) is 3.93. The minimum Gasteiger partial charge on any atom is -0.368 e. The van der Waals surface area contributed by atoms with Gasteiger partial charge in [0, 0.05) is 0 Å². The van der Waals surface area contributed by atoms with Crippen molar-refractivity contribution in [3.05, 3.63) is 120 Å². The van der Waals surface area contributed by atoms with E-state index in [-0.39, 0.29) is 6.61 Å². The highest BCUT2D eigenvalue weighted by molar-refractivity contribution is 5.15. The lowest BCUT2D eigenvalue weighted by Crippen LogP contribution is -2.60. The molecule has 1 N–H and O–H groups in total. The van der Waals surface area contributed by atoms with Gasteiger partial charge in [0.15, 0.2) is 12.6 Å². The third-order valence-electron chi connectivity index (χ3n) is 5.70. The topological polar surface area (TPSA) is 66.4 Å². The lowest BCUT2D eigenvalue weighted by Gasteiger charge is -2.44. The molecule has 0 bridgehead atoms. The molecule has 0 aliphatic carbocycles. The monoisotopic (exact) mass is 476 g/mol. The van der Waals surface area contributed by atoms with Crippen molar-refractivity contribution in [2.75, 3.05) is 6.61 Å². The highest BCUT2D eigenvalue weighted by Gasteiger charge is 2.48. The zero-order valence-corrected chi connectivity index (χ0v) is 19.6. The molecule has 0 amide bonds. The molecular formula is C29H32O6. The zero-order chi connectivity index (χ0) is 24.3. The maximum Gasteiger partial charge on any atom is 0.189 e. The van der Waals surface area contributed by atoms with E-state index in [0.29, 0.717) is 19.8 Å². The normalized spacial score (nSPS) is 24.2. The first-order valence-corrected chi connectivity index (χ1v) is 11.8. The third kappa shape index (κ3) is 7.32. The summed E-state index contributed by atoms with van der Waals surface area (Å²) in [4.78, 5) is 0. The van der Waals surface area contributed by atoms with Crippen LogP contribution >= 0.6 is 0 Å². The predicted molar refractivity (Wildman–Crippen MR) is 132 cm³/mol. The number of aliphatic hydroxyl groups is 1. The van der Waals surface area contributed by atoms with Gasteiger partial charge in [0.05, 0.1) is 26.4 Å². The molecule has 6 heteroatoms. The molecule has 0 unspecified atom stereocenters. The van der Waals surface area contributed by atoms with Gasteiger partial charge in [0.25, 0.3) is 0 Å². The molecule has 0 aromatic heterocycles. The molecular weight excluding hydrogens is 444 g/mol. The van der Waals surface area contributed by atoms with E-state index in [4.69, 9.17) is 23.7 Å². The van der Waals surface area contributed by atoms with Crippen LogP contribution in [0.5, 0.6) is 0 Å². The lowest BCUT2D eigenvalue weighted by atomic mass is 10.0. The first-order valence-electron chi connectivity index (χ1n) is 11.8. The van der Waals surface area contributed by atoms with Gasteiger partial charge in [-0.05, 0) is 16.7 Å². The average Bonchev–Trinajstić information content (AvgIpc) is 2.91. The average molecular weight is 477 g/mol. The Labute approximate surface area is 206 Å². The Kier molecular flexibility index (Phi) is 9.60. The number of ether oxygens (including phenoxy) is 5. The van der Waals surface area contributed by atoms with Crippen LogP contribution in [-0.4, -0.2) is 42.6 Å². The smallest absolute Gasteiger partial charge is 0.189 e. The number of benzene rings is 3. The lowest BCUT2D eigenvalue weighted by molar-refractivity contribution is -0.359. The fourth-order valence-corrected chi connectivity index (χ4v) is 3.93. The molecule has 5 atom stereocenters. The van der Waals surface area contributed by atoms with Crippen LogP contribution in [0.2, 0.25) is 0 Å². The van der Waals surface area contributed by atoms with Crippen molar-refractivity contribution in [1.82, 2.24) is 0 Å². The van der Waals surface area contributed by atoms with E-state index < -0.39 is 30.9 Å². The molecule has 6 nitrogen and oxygen atoms in total. The second-order valence-corrected chi connectivity index (χ2v) is 8.30. The Morgan fingerprint density at radius 3 is 1.51 bits per heavy atom. The summed E-state index contributed by atoms with van der Waals surface area (Å²) in [7, 11) is 0. The molecule has 1 fully saturated rings. The quantitative estimate of drug-likeness (QED) is 0.385. The molecule has 35 heavy (non-hydrogen) atoms. The second kappa shape index (κ2) is 13.3. The molecule has 1 heterocycles. The molecule has 3 aromatic rings. The highest BCUT2D eigenvalue weighted by Crippen LogP contribution is 2.30. The largest absolute Gasteiger partial charge is 0.368 e. The Hall–Kier alpha value is -2.84. The maximum absolute atomic E-state index is 10.9. The highest BCUT2D eigenvalue weighted by atomic mass is 16.8. The minimum absolute atomic E-state index is 0.240. The summed E-state index contributed by atoms with van der Waals surface area (Å²) >= 11 is 0. The van der Waals surface area contributed by atoms with Gasteiger partial charge in [-0.1, -0.05) is 97.1 Å². The third-order valence-corrected chi connectivity index (χ3v) is 5.70. The summed E-state index contributed by atoms with van der Waals surface area (Å²) in [5.41, 5.74) is 2.98. The van der Waals surface area contributed by atoms with Crippen LogP contribution in [0.4, 0.5) is 0 Å². The van der Waals surface area contributed by atoms with Gasteiger partial charge < -0.3 is 28.8 Å². The van der Waals surface area contributed by atoms with Crippen molar-refractivity contribution in [2.45, 2.75) is 50.7 Å². The minimum atomic E-state index is -1.26. The molecule has 0 radical (unpaired) electrons. The summed E-state index contributed by atoms with van der Waals surface area (Å²) in [5.74, 6) is 0. The van der Waals surface area contributed by atoms with Gasteiger partial charge in [0.1, 0.15) is 18.3 Å². The van der Waals surface area contributed by atoms with Crippen LogP contribution < -0.4 is 0 Å². The molecule has 3 aromatic carbocycles.